The van der Waals surface area contributed by atoms with Crippen molar-refractivity contribution in [2.24, 2.45) is 11.7 Å². The van der Waals surface area contributed by atoms with E-state index in [9.17, 15) is 9.59 Å². The Bertz CT molecular complexity index is 357. The van der Waals surface area contributed by atoms with Crippen LogP contribution in [0.25, 0.3) is 0 Å². The summed E-state index contributed by atoms with van der Waals surface area (Å²) in [5.41, 5.74) is 5.81. The van der Waals surface area contributed by atoms with Gasteiger partial charge in [-0.1, -0.05) is 0 Å². The fraction of sp³-hybridized carbons (Fsp3) is 0.857. The summed E-state index contributed by atoms with van der Waals surface area (Å²) < 4.78 is 9.83. The smallest absolute Gasteiger partial charge is 0.242 e. The van der Waals surface area contributed by atoms with Gasteiger partial charge in [0.1, 0.15) is 6.04 Å². The number of halogens is 1. The van der Waals surface area contributed by atoms with E-state index in [2.05, 4.69) is 5.32 Å². The largest absolute Gasteiger partial charge is 0.383 e. The van der Waals surface area contributed by atoms with E-state index in [1.807, 2.05) is 6.92 Å². The first-order valence-electron chi connectivity index (χ1n) is 7.32. The van der Waals surface area contributed by atoms with Crippen molar-refractivity contribution < 1.29 is 19.1 Å². The van der Waals surface area contributed by atoms with Gasteiger partial charge in [0.2, 0.25) is 11.8 Å². The zero-order valence-electron chi connectivity index (χ0n) is 13.5. The lowest BCUT2D eigenvalue weighted by Crippen LogP contribution is -2.55. The molecule has 0 spiro atoms. The van der Waals surface area contributed by atoms with E-state index in [0.717, 1.165) is 12.8 Å². The van der Waals surface area contributed by atoms with Gasteiger partial charge in [-0.15, -0.1) is 12.4 Å². The molecular formula is C14H28ClN3O4. The number of carbonyl (C=O) groups excluding carboxylic acids is 2. The van der Waals surface area contributed by atoms with Gasteiger partial charge in [0.15, 0.2) is 0 Å². The highest BCUT2D eigenvalue weighted by Gasteiger charge is 2.34. The van der Waals surface area contributed by atoms with E-state index in [1.54, 1.807) is 12.0 Å². The molecule has 8 heteroatoms. The molecule has 0 aliphatic carbocycles. The molecule has 0 aromatic carbocycles. The van der Waals surface area contributed by atoms with Gasteiger partial charge in [-0.05, 0) is 19.8 Å². The van der Waals surface area contributed by atoms with Crippen LogP contribution >= 0.6 is 12.4 Å². The minimum atomic E-state index is -0.673. The van der Waals surface area contributed by atoms with Gasteiger partial charge in [-0.2, -0.15) is 0 Å². The third-order valence-corrected chi connectivity index (χ3v) is 3.80. The minimum absolute atomic E-state index is 0. The summed E-state index contributed by atoms with van der Waals surface area (Å²) in [7, 11) is 3.10. The van der Waals surface area contributed by atoms with Gasteiger partial charge in [0.05, 0.1) is 19.1 Å². The van der Waals surface area contributed by atoms with Crippen molar-refractivity contribution in [1.29, 1.82) is 0 Å². The quantitative estimate of drug-likeness (QED) is 0.626. The van der Waals surface area contributed by atoms with Crippen LogP contribution in [0.4, 0.5) is 0 Å². The van der Waals surface area contributed by atoms with Crippen molar-refractivity contribution in [3.63, 3.8) is 0 Å². The van der Waals surface area contributed by atoms with E-state index < -0.39 is 6.04 Å². The highest BCUT2D eigenvalue weighted by molar-refractivity contribution is 5.85. The fourth-order valence-corrected chi connectivity index (χ4v) is 2.51. The standard InChI is InChI=1S/C14H27N3O4.ClH/c1-10-4-5-11(13(18)16-6-7-20-2)8-17(10)14(19)12(15)9-21-3;/h10-12H,4-9,15H2,1-3H3,(H,16,18);1H. The monoisotopic (exact) mass is 337 g/mol. The normalized spacial score (nSPS) is 22.6. The van der Waals surface area contributed by atoms with E-state index >= 15 is 0 Å². The van der Waals surface area contributed by atoms with Crippen LogP contribution in [0.15, 0.2) is 0 Å². The molecule has 1 saturated heterocycles. The Hall–Kier alpha value is -0.890. The third kappa shape index (κ3) is 6.08. The second kappa shape index (κ2) is 10.8. The maximum atomic E-state index is 12.3. The molecule has 3 atom stereocenters. The SMILES string of the molecule is COCCNC(=O)C1CCC(C)N(C(=O)C(N)COC)C1.Cl. The molecule has 0 radical (unpaired) electrons. The first kappa shape index (κ1) is 21.1. The molecule has 1 heterocycles. The molecule has 130 valence electrons. The average Bonchev–Trinajstić information content (AvgIpc) is 2.47. The Morgan fingerprint density at radius 3 is 2.59 bits per heavy atom. The molecular weight excluding hydrogens is 310 g/mol. The summed E-state index contributed by atoms with van der Waals surface area (Å²) >= 11 is 0. The van der Waals surface area contributed by atoms with Gasteiger partial charge in [0.25, 0.3) is 0 Å². The number of methoxy groups -OCH3 is 2. The number of hydrogen-bond donors (Lipinski definition) is 2. The summed E-state index contributed by atoms with van der Waals surface area (Å²) in [6.07, 6.45) is 1.58. The molecule has 1 fully saturated rings. The molecule has 2 amide bonds. The Balaban J connectivity index is 0.00000441. The maximum absolute atomic E-state index is 12.3. The second-order valence-electron chi connectivity index (χ2n) is 5.46. The van der Waals surface area contributed by atoms with Crippen LogP contribution in [-0.2, 0) is 19.1 Å². The Labute approximate surface area is 138 Å². The number of likely N-dealkylation sites (tertiary alicyclic amines) is 1. The molecule has 3 N–H and O–H groups in total. The lowest BCUT2D eigenvalue weighted by Gasteiger charge is -2.38. The summed E-state index contributed by atoms with van der Waals surface area (Å²) in [4.78, 5) is 26.1. The molecule has 7 nitrogen and oxygen atoms in total. The molecule has 0 aromatic rings. The molecule has 1 aliphatic rings. The Kier molecular flexibility index (Phi) is 10.3. The van der Waals surface area contributed by atoms with Crippen molar-refractivity contribution >= 4 is 24.2 Å². The Morgan fingerprint density at radius 1 is 1.32 bits per heavy atom. The fourth-order valence-electron chi connectivity index (χ4n) is 2.51. The number of rotatable bonds is 7. The van der Waals surface area contributed by atoms with Crippen molar-refractivity contribution in [1.82, 2.24) is 10.2 Å². The lowest BCUT2D eigenvalue weighted by molar-refractivity contribution is -0.140. The summed E-state index contributed by atoms with van der Waals surface area (Å²) in [6.45, 7) is 3.55. The summed E-state index contributed by atoms with van der Waals surface area (Å²) in [5.74, 6) is -0.368. The predicted octanol–water partition coefficient (Wildman–Crippen LogP) is -0.228. The van der Waals surface area contributed by atoms with Gasteiger partial charge in [-0.3, -0.25) is 9.59 Å². The highest BCUT2D eigenvalue weighted by Crippen LogP contribution is 2.22. The molecule has 0 bridgehead atoms. The second-order valence-corrected chi connectivity index (χ2v) is 5.46. The van der Waals surface area contributed by atoms with E-state index in [0.29, 0.717) is 19.7 Å². The van der Waals surface area contributed by atoms with Crippen molar-refractivity contribution in [3.05, 3.63) is 0 Å². The molecule has 1 aliphatic heterocycles. The Morgan fingerprint density at radius 2 is 2.00 bits per heavy atom. The number of hydrogen-bond acceptors (Lipinski definition) is 5. The van der Waals surface area contributed by atoms with Crippen LogP contribution in [0.3, 0.4) is 0 Å². The first-order chi connectivity index (χ1) is 10.0. The molecule has 1 rings (SSSR count). The number of nitrogens with two attached hydrogens (primary N) is 1. The topological polar surface area (TPSA) is 93.9 Å². The van der Waals surface area contributed by atoms with Crippen LogP contribution in [-0.4, -0.2) is 69.3 Å². The number of amides is 2. The minimum Gasteiger partial charge on any atom is -0.383 e. The van der Waals surface area contributed by atoms with E-state index in [4.69, 9.17) is 15.2 Å². The van der Waals surface area contributed by atoms with Crippen LogP contribution in [0.5, 0.6) is 0 Å². The van der Waals surface area contributed by atoms with E-state index in [1.165, 1.54) is 7.11 Å². The molecule has 0 aromatic heterocycles. The summed E-state index contributed by atoms with van der Waals surface area (Å²) in [6, 6.07) is -0.573. The zero-order valence-corrected chi connectivity index (χ0v) is 14.4. The number of ether oxygens (including phenoxy) is 2. The van der Waals surface area contributed by atoms with Gasteiger partial charge >= 0.3 is 0 Å². The molecule has 3 unspecified atom stereocenters. The zero-order chi connectivity index (χ0) is 15.8. The van der Waals surface area contributed by atoms with Crippen LogP contribution in [0.1, 0.15) is 19.8 Å². The van der Waals surface area contributed by atoms with Crippen LogP contribution in [0.2, 0.25) is 0 Å². The van der Waals surface area contributed by atoms with Gasteiger partial charge in [-0.25, -0.2) is 0 Å². The summed E-state index contributed by atoms with van der Waals surface area (Å²) in [5, 5.41) is 2.82. The van der Waals surface area contributed by atoms with E-state index in [-0.39, 0.29) is 42.8 Å². The predicted molar refractivity (Wildman–Crippen MR) is 85.9 cm³/mol. The van der Waals surface area contributed by atoms with Gasteiger partial charge in [0, 0.05) is 33.4 Å². The average molecular weight is 338 g/mol. The molecule has 22 heavy (non-hydrogen) atoms. The number of nitrogens with zero attached hydrogens (tertiary/aromatic N) is 1. The van der Waals surface area contributed by atoms with Crippen LogP contribution in [0, 0.1) is 5.92 Å². The van der Waals surface area contributed by atoms with Crippen molar-refractivity contribution in [2.45, 2.75) is 31.8 Å². The number of nitrogens with one attached hydrogen (secondary N) is 1. The number of carbonyl (C=O) groups is 2. The van der Waals surface area contributed by atoms with Crippen molar-refractivity contribution in [2.75, 3.05) is 40.5 Å². The van der Waals surface area contributed by atoms with Gasteiger partial charge < -0.3 is 25.4 Å². The maximum Gasteiger partial charge on any atom is 0.242 e. The third-order valence-electron chi connectivity index (χ3n) is 3.80. The molecule has 0 saturated carbocycles. The lowest BCUT2D eigenvalue weighted by atomic mass is 9.92. The first-order valence-corrected chi connectivity index (χ1v) is 7.32. The van der Waals surface area contributed by atoms with Crippen LogP contribution < -0.4 is 11.1 Å². The number of piperidine rings is 1. The van der Waals surface area contributed by atoms with Crippen molar-refractivity contribution in [3.8, 4) is 0 Å². The highest BCUT2D eigenvalue weighted by atomic mass is 35.5.